The van der Waals surface area contributed by atoms with E-state index in [0.717, 1.165) is 36.1 Å². The maximum atomic E-state index is 11.7. The monoisotopic (exact) mass is 799 g/mol. The van der Waals surface area contributed by atoms with Crippen LogP contribution in [0, 0.1) is 11.3 Å². The Morgan fingerprint density at radius 1 is 0.776 bits per heavy atom. The molecule has 8 heteroatoms. The molecule has 0 bridgehead atoms. The number of carbonyl (C=O) groups excluding carboxylic acids is 4. The van der Waals surface area contributed by atoms with Gasteiger partial charge < -0.3 is 18.9 Å². The number of hydrogen-bond donors (Lipinski definition) is 0. The van der Waals surface area contributed by atoms with Crippen LogP contribution in [-0.2, 0) is 33.4 Å². The molecule has 0 N–H and O–H groups in total. The molecule has 2 atom stereocenters. The van der Waals surface area contributed by atoms with Gasteiger partial charge in [0, 0.05) is 18.2 Å². The van der Waals surface area contributed by atoms with Gasteiger partial charge >= 0.3 is 17.9 Å². The Bertz CT molecular complexity index is 1640. The molecule has 0 saturated heterocycles. The highest BCUT2D eigenvalue weighted by Gasteiger charge is 2.29. The second-order valence-electron chi connectivity index (χ2n) is 14.0. The third kappa shape index (κ3) is 25.1. The molecule has 0 saturated carbocycles. The number of rotatable bonds is 17. The third-order valence-corrected chi connectivity index (χ3v) is 9.42. The first kappa shape index (κ1) is 52.8. The third-order valence-electron chi connectivity index (χ3n) is 9.42. The molecule has 1 aliphatic rings. The lowest BCUT2D eigenvalue weighted by molar-refractivity contribution is -0.139. The molecule has 1 aliphatic carbocycles. The highest BCUT2D eigenvalue weighted by atomic mass is 16.5. The first-order valence-electron chi connectivity index (χ1n) is 20.5. The molecule has 0 heterocycles. The number of unbranched alkanes of at least 4 members (excludes halogenated alkanes) is 1. The molecular formula is C50H70O8. The van der Waals surface area contributed by atoms with Crippen LogP contribution in [-0.4, -0.2) is 51.1 Å². The summed E-state index contributed by atoms with van der Waals surface area (Å²) in [7, 11) is 2.99. The summed E-state index contributed by atoms with van der Waals surface area (Å²) in [5.74, 6) is 0.513. The molecule has 2 unspecified atom stereocenters. The highest BCUT2D eigenvalue weighted by Crippen LogP contribution is 2.43. The van der Waals surface area contributed by atoms with Gasteiger partial charge in [-0.15, -0.1) is 0 Å². The molecule has 8 nitrogen and oxygen atoms in total. The molecule has 0 spiro atoms. The Morgan fingerprint density at radius 3 is 1.93 bits per heavy atom. The summed E-state index contributed by atoms with van der Waals surface area (Å²) >= 11 is 0. The predicted octanol–water partition coefficient (Wildman–Crippen LogP) is 12.1. The molecule has 58 heavy (non-hydrogen) atoms. The van der Waals surface area contributed by atoms with Gasteiger partial charge in [0.25, 0.3) is 0 Å². The van der Waals surface area contributed by atoms with E-state index in [2.05, 4.69) is 44.1 Å². The number of allylic oxidation sites excluding steroid dienone is 7. The van der Waals surface area contributed by atoms with Gasteiger partial charge in [-0.1, -0.05) is 119 Å². The van der Waals surface area contributed by atoms with E-state index in [1.54, 1.807) is 51.3 Å². The lowest BCUT2D eigenvalue weighted by Crippen LogP contribution is -2.22. The van der Waals surface area contributed by atoms with Crippen molar-refractivity contribution < 1.29 is 38.1 Å². The Labute approximate surface area is 349 Å². The van der Waals surface area contributed by atoms with E-state index in [1.165, 1.54) is 68.6 Å². The first-order valence-corrected chi connectivity index (χ1v) is 20.5. The lowest BCUT2D eigenvalue weighted by Gasteiger charge is -2.35. The second-order valence-corrected chi connectivity index (χ2v) is 14.0. The number of hydrogen-bond acceptors (Lipinski definition) is 8. The van der Waals surface area contributed by atoms with Gasteiger partial charge in [-0.2, -0.15) is 0 Å². The minimum atomic E-state index is -0.334. The quantitative estimate of drug-likeness (QED) is 0.0674. The Hall–Kier alpha value is -5.24. The van der Waals surface area contributed by atoms with E-state index in [1.807, 2.05) is 73.7 Å². The van der Waals surface area contributed by atoms with Crippen LogP contribution in [0.4, 0.5) is 0 Å². The molecule has 0 aliphatic heterocycles. The van der Waals surface area contributed by atoms with Crippen molar-refractivity contribution in [1.82, 2.24) is 0 Å². The van der Waals surface area contributed by atoms with Crippen LogP contribution in [0.15, 0.2) is 114 Å². The topological polar surface area (TPSA) is 105 Å². The van der Waals surface area contributed by atoms with E-state index in [9.17, 15) is 19.2 Å². The van der Waals surface area contributed by atoms with Crippen LogP contribution in [0.2, 0.25) is 0 Å². The van der Waals surface area contributed by atoms with Gasteiger partial charge in [0.1, 0.15) is 5.75 Å². The van der Waals surface area contributed by atoms with Gasteiger partial charge in [-0.05, 0) is 118 Å². The van der Waals surface area contributed by atoms with Crippen molar-refractivity contribution in [3.8, 4) is 5.75 Å². The van der Waals surface area contributed by atoms with Crippen molar-refractivity contribution in [2.24, 2.45) is 11.3 Å². The fraction of sp³-hybridized carbons (Fsp3) is 0.440. The zero-order valence-electron chi connectivity index (χ0n) is 36.9. The van der Waals surface area contributed by atoms with Gasteiger partial charge in [0.05, 0.1) is 27.4 Å². The summed E-state index contributed by atoms with van der Waals surface area (Å²) < 4.78 is 19.5. The summed E-state index contributed by atoms with van der Waals surface area (Å²) in [4.78, 5) is 43.9. The first-order chi connectivity index (χ1) is 27.8. The number of esters is 3. The molecule has 0 aromatic heterocycles. The van der Waals surface area contributed by atoms with E-state index < -0.39 is 0 Å². The molecule has 0 fully saturated rings. The summed E-state index contributed by atoms with van der Waals surface area (Å²) in [6, 6.07) is 17.1. The maximum absolute atomic E-state index is 11.7. The minimum absolute atomic E-state index is 0.138. The minimum Gasteiger partial charge on any atom is -0.497 e. The molecule has 318 valence electrons. The van der Waals surface area contributed by atoms with Crippen molar-refractivity contribution in [1.29, 1.82) is 0 Å². The largest absolute Gasteiger partial charge is 0.497 e. The van der Waals surface area contributed by atoms with Gasteiger partial charge in [0.2, 0.25) is 0 Å². The number of methoxy groups -OCH3 is 2. The number of ether oxygens (including phenoxy) is 4. The molecule has 2 aromatic carbocycles. The van der Waals surface area contributed by atoms with Crippen LogP contribution in [0.5, 0.6) is 5.75 Å². The SMILES string of the molecule is C/C=C/C=C/C(=O)OCC.CCC1(C)CCCC(C)=C1/C=C/C(C)=O.CCCCC(CC)COC(=O)/C=C/c1ccc(OC)cc1.COC(=O)/C=C/c1ccccc1. The average Bonchev–Trinajstić information content (AvgIpc) is 3.23. The van der Waals surface area contributed by atoms with E-state index in [4.69, 9.17) is 9.47 Å². The number of carbonyl (C=O) groups is 4. The smallest absolute Gasteiger partial charge is 0.330 e. The summed E-state index contributed by atoms with van der Waals surface area (Å²) in [6.45, 7) is 17.3. The Balaban J connectivity index is 0.000000778. The Kier molecular flexibility index (Phi) is 29.8. The fourth-order valence-corrected chi connectivity index (χ4v) is 5.70. The molecule has 3 rings (SSSR count). The van der Waals surface area contributed by atoms with Crippen LogP contribution >= 0.6 is 0 Å². The van der Waals surface area contributed by atoms with Crippen LogP contribution < -0.4 is 4.74 Å². The van der Waals surface area contributed by atoms with Crippen LogP contribution in [0.3, 0.4) is 0 Å². The number of benzene rings is 2. The Morgan fingerprint density at radius 2 is 1.40 bits per heavy atom. The molecule has 0 radical (unpaired) electrons. The van der Waals surface area contributed by atoms with Crippen molar-refractivity contribution in [3.63, 3.8) is 0 Å². The van der Waals surface area contributed by atoms with Crippen molar-refractivity contribution in [2.75, 3.05) is 27.4 Å². The summed E-state index contributed by atoms with van der Waals surface area (Å²) in [5.41, 5.74) is 5.08. The molecule has 2 aromatic rings. The predicted molar refractivity (Wildman–Crippen MR) is 239 cm³/mol. The highest BCUT2D eigenvalue weighted by molar-refractivity contribution is 5.88. The number of ketones is 1. The fourth-order valence-electron chi connectivity index (χ4n) is 5.70. The standard InChI is InChI=1S/C18H26O3.C14H22O.C10H10O2.C8H12O2/c1-4-6-7-15(5-2)14-21-18(19)13-10-16-8-11-17(20-3)12-9-16;1-5-14(4)10-6-7-11(2)13(14)9-8-12(3)15;1-12-10(11)8-7-9-5-3-2-4-6-9;1-3-5-6-7-8(9)10-4-2/h8-13,15H,4-7,14H2,1-3H3;8-9H,5-7,10H2,1-4H3;2-8H,1H3;3,5-7H,4H2,1-2H3/b13-10+;9-8+;8-7+;5-3+,7-6+. The normalized spacial score (nSPS) is 15.6. The van der Waals surface area contributed by atoms with E-state index >= 15 is 0 Å². The van der Waals surface area contributed by atoms with Crippen LogP contribution in [0.1, 0.15) is 118 Å². The summed E-state index contributed by atoms with van der Waals surface area (Å²) in [5, 5.41) is 0. The van der Waals surface area contributed by atoms with Gasteiger partial charge in [0.15, 0.2) is 5.78 Å². The van der Waals surface area contributed by atoms with Crippen molar-refractivity contribution in [3.05, 3.63) is 125 Å². The molecular weight excluding hydrogens is 729 g/mol. The van der Waals surface area contributed by atoms with Crippen LogP contribution in [0.25, 0.3) is 12.2 Å². The lowest BCUT2D eigenvalue weighted by atomic mass is 9.69. The average molecular weight is 799 g/mol. The second kappa shape index (κ2) is 32.8. The maximum Gasteiger partial charge on any atom is 0.330 e. The van der Waals surface area contributed by atoms with Crippen molar-refractivity contribution >= 4 is 35.8 Å². The zero-order valence-corrected chi connectivity index (χ0v) is 36.9. The van der Waals surface area contributed by atoms with Gasteiger partial charge in [-0.3, -0.25) is 4.79 Å². The summed E-state index contributed by atoms with van der Waals surface area (Å²) in [6.07, 6.45) is 26.2. The zero-order chi connectivity index (χ0) is 43.6. The van der Waals surface area contributed by atoms with E-state index in [-0.39, 0.29) is 29.1 Å². The van der Waals surface area contributed by atoms with Crippen molar-refractivity contribution in [2.45, 2.75) is 107 Å². The van der Waals surface area contributed by atoms with Gasteiger partial charge in [-0.25, -0.2) is 14.4 Å². The molecule has 0 amide bonds. The van der Waals surface area contributed by atoms with E-state index in [0.29, 0.717) is 19.1 Å².